The van der Waals surface area contributed by atoms with E-state index in [1.165, 1.54) is 11.3 Å². The molecule has 1 aromatic heterocycles. The molecule has 0 saturated heterocycles. The summed E-state index contributed by atoms with van der Waals surface area (Å²) in [7, 11) is 1.79. The van der Waals surface area contributed by atoms with Crippen molar-refractivity contribution in [2.45, 2.75) is 31.6 Å². The van der Waals surface area contributed by atoms with Crippen molar-refractivity contribution in [1.82, 2.24) is 4.57 Å². The van der Waals surface area contributed by atoms with E-state index < -0.39 is 0 Å². The molecule has 0 radical (unpaired) electrons. The summed E-state index contributed by atoms with van der Waals surface area (Å²) in [6.07, 6.45) is 1.10. The van der Waals surface area contributed by atoms with Crippen LogP contribution in [0.15, 0.2) is 34.2 Å². The van der Waals surface area contributed by atoms with E-state index in [4.69, 9.17) is 16.3 Å². The Morgan fingerprint density at radius 2 is 2.00 bits per heavy atom. The maximum atomic E-state index is 12.1. The van der Waals surface area contributed by atoms with E-state index in [0.29, 0.717) is 27.7 Å². The normalized spacial score (nSPS) is 11.6. The van der Waals surface area contributed by atoms with Crippen LogP contribution in [0.25, 0.3) is 0 Å². The zero-order valence-electron chi connectivity index (χ0n) is 15.0. The third kappa shape index (κ3) is 5.72. The molecule has 0 saturated carbocycles. The number of hydrogen-bond acceptors (Lipinski definition) is 5. The van der Waals surface area contributed by atoms with Crippen molar-refractivity contribution in [3.05, 3.63) is 44.7 Å². The first-order chi connectivity index (χ1) is 12.4. The molecule has 0 N–H and O–H groups in total. The summed E-state index contributed by atoms with van der Waals surface area (Å²) >= 11 is 8.72. The second-order valence-corrected chi connectivity index (χ2v) is 8.07. The molecule has 0 bridgehead atoms. The highest BCUT2D eigenvalue weighted by molar-refractivity contribution is 7.99. The van der Waals surface area contributed by atoms with E-state index >= 15 is 0 Å². The number of rotatable bonds is 7. The molecule has 0 aliphatic carbocycles. The Morgan fingerprint density at radius 1 is 1.31 bits per heavy atom. The number of halogens is 1. The highest BCUT2D eigenvalue weighted by atomic mass is 35.5. The smallest absolute Gasteiger partial charge is 0.350 e. The minimum absolute atomic E-state index is 0.186. The van der Waals surface area contributed by atoms with Gasteiger partial charge in [-0.1, -0.05) is 22.9 Å². The van der Waals surface area contributed by atoms with Gasteiger partial charge in [0, 0.05) is 29.1 Å². The van der Waals surface area contributed by atoms with Gasteiger partial charge in [-0.3, -0.25) is 4.79 Å². The predicted molar refractivity (Wildman–Crippen MR) is 106 cm³/mol. The minimum Gasteiger partial charge on any atom is -0.462 e. The predicted octanol–water partition coefficient (Wildman–Crippen LogP) is 4.22. The van der Waals surface area contributed by atoms with Gasteiger partial charge in [0.05, 0.1) is 6.61 Å². The Bertz CT molecular complexity index is 841. The fraction of sp³-hybridized carbons (Fsp3) is 0.389. The van der Waals surface area contributed by atoms with E-state index in [1.54, 1.807) is 30.3 Å². The van der Waals surface area contributed by atoms with Crippen molar-refractivity contribution in [2.24, 2.45) is 12.0 Å². The Balaban J connectivity index is 1.92. The van der Waals surface area contributed by atoms with Gasteiger partial charge in [-0.05, 0) is 50.3 Å². The van der Waals surface area contributed by atoms with Gasteiger partial charge < -0.3 is 9.30 Å². The number of thioether (sulfide) groups is 1. The van der Waals surface area contributed by atoms with E-state index in [2.05, 4.69) is 4.99 Å². The third-order valence-corrected chi connectivity index (χ3v) is 6.17. The lowest BCUT2D eigenvalue weighted by Gasteiger charge is -2.01. The largest absolute Gasteiger partial charge is 0.462 e. The standard InChI is InChI=1S/C18H21ClN2O3S2/c1-4-24-17(23)16-12(2)21(3)18(26-16)20-15(22)6-5-11-25-14-9-7-13(19)8-10-14/h7-10H,4-6,11H2,1-3H3. The molecule has 8 heteroatoms. The van der Waals surface area contributed by atoms with Gasteiger partial charge in [0.2, 0.25) is 5.91 Å². The Labute approximate surface area is 166 Å². The van der Waals surface area contributed by atoms with Gasteiger partial charge in [0.25, 0.3) is 0 Å². The Morgan fingerprint density at radius 3 is 2.65 bits per heavy atom. The van der Waals surface area contributed by atoms with Gasteiger partial charge >= 0.3 is 5.97 Å². The fourth-order valence-corrected chi connectivity index (χ4v) is 4.13. The minimum atomic E-state index is -0.376. The average Bonchev–Trinajstić information content (AvgIpc) is 2.89. The number of amides is 1. The molecule has 0 spiro atoms. The summed E-state index contributed by atoms with van der Waals surface area (Å²) in [5, 5.41) is 0.713. The summed E-state index contributed by atoms with van der Waals surface area (Å²) in [5.41, 5.74) is 0.748. The average molecular weight is 413 g/mol. The van der Waals surface area contributed by atoms with Gasteiger partial charge in [-0.2, -0.15) is 4.99 Å². The third-order valence-electron chi connectivity index (χ3n) is 3.61. The van der Waals surface area contributed by atoms with Gasteiger partial charge in [0.15, 0.2) is 4.80 Å². The first-order valence-electron chi connectivity index (χ1n) is 8.21. The number of ether oxygens (including phenoxy) is 1. The Kier molecular flexibility index (Phi) is 7.93. The van der Waals surface area contributed by atoms with Gasteiger partial charge in [-0.25, -0.2) is 4.79 Å². The highest BCUT2D eigenvalue weighted by Gasteiger charge is 2.16. The molecule has 0 atom stereocenters. The number of carbonyl (C=O) groups excluding carboxylic acids is 2. The first kappa shape index (κ1) is 20.7. The molecule has 0 unspecified atom stereocenters. The maximum Gasteiger partial charge on any atom is 0.350 e. The maximum absolute atomic E-state index is 12.1. The van der Waals surface area contributed by atoms with Crippen LogP contribution in [-0.2, 0) is 16.6 Å². The summed E-state index contributed by atoms with van der Waals surface area (Å²) in [6.45, 7) is 3.89. The van der Waals surface area contributed by atoms with Crippen LogP contribution in [0.4, 0.5) is 0 Å². The molecule has 0 aliphatic rings. The number of nitrogens with zero attached hydrogens (tertiary/aromatic N) is 2. The quantitative estimate of drug-likeness (QED) is 0.388. The van der Waals surface area contributed by atoms with Crippen molar-refractivity contribution in [3.63, 3.8) is 0 Å². The molecular weight excluding hydrogens is 392 g/mol. The van der Waals surface area contributed by atoms with Gasteiger partial charge in [0.1, 0.15) is 4.88 Å². The Hall–Kier alpha value is -1.57. The summed E-state index contributed by atoms with van der Waals surface area (Å²) in [4.78, 5) is 30.3. The summed E-state index contributed by atoms with van der Waals surface area (Å²) in [5.74, 6) is 0.264. The van der Waals surface area contributed by atoms with Crippen LogP contribution in [0.1, 0.15) is 35.1 Å². The first-order valence-corrected chi connectivity index (χ1v) is 10.4. The number of thiazole rings is 1. The van der Waals surface area contributed by atoms with Crippen LogP contribution in [-0.4, -0.2) is 28.8 Å². The summed E-state index contributed by atoms with van der Waals surface area (Å²) < 4.78 is 6.78. The van der Waals surface area contributed by atoms with Crippen LogP contribution >= 0.6 is 34.7 Å². The second kappa shape index (κ2) is 9.94. The van der Waals surface area contributed by atoms with Crippen molar-refractivity contribution in [1.29, 1.82) is 0 Å². The molecule has 5 nitrogen and oxygen atoms in total. The van der Waals surface area contributed by atoms with Crippen molar-refractivity contribution in [2.75, 3.05) is 12.4 Å². The molecule has 0 fully saturated rings. The number of benzene rings is 1. The zero-order valence-corrected chi connectivity index (χ0v) is 17.3. The van der Waals surface area contributed by atoms with E-state index in [9.17, 15) is 9.59 Å². The topological polar surface area (TPSA) is 60.7 Å². The van der Waals surface area contributed by atoms with E-state index in [1.807, 2.05) is 31.2 Å². The van der Waals surface area contributed by atoms with Crippen LogP contribution < -0.4 is 4.80 Å². The summed E-state index contributed by atoms with van der Waals surface area (Å²) in [6, 6.07) is 7.63. The van der Waals surface area contributed by atoms with E-state index in [0.717, 1.165) is 22.8 Å². The van der Waals surface area contributed by atoms with Crippen molar-refractivity contribution < 1.29 is 14.3 Å². The molecule has 26 heavy (non-hydrogen) atoms. The van der Waals surface area contributed by atoms with E-state index in [-0.39, 0.29) is 11.9 Å². The molecule has 140 valence electrons. The van der Waals surface area contributed by atoms with Gasteiger partial charge in [-0.15, -0.1) is 11.8 Å². The number of aromatic nitrogens is 1. The SMILES string of the molecule is CCOC(=O)c1sc(=NC(=O)CCCSc2ccc(Cl)cc2)n(C)c1C. The molecule has 2 aromatic rings. The number of hydrogen-bond donors (Lipinski definition) is 0. The molecule has 0 aliphatic heterocycles. The number of esters is 1. The van der Waals surface area contributed by atoms with Crippen molar-refractivity contribution >= 4 is 46.6 Å². The number of carbonyl (C=O) groups is 2. The fourth-order valence-electron chi connectivity index (χ4n) is 2.12. The molecular formula is C18H21ClN2O3S2. The zero-order chi connectivity index (χ0) is 19.1. The monoisotopic (exact) mass is 412 g/mol. The highest BCUT2D eigenvalue weighted by Crippen LogP contribution is 2.21. The van der Waals surface area contributed by atoms with Crippen LogP contribution in [0.3, 0.4) is 0 Å². The molecule has 1 aromatic carbocycles. The van der Waals surface area contributed by atoms with Crippen molar-refractivity contribution in [3.8, 4) is 0 Å². The lowest BCUT2D eigenvalue weighted by atomic mass is 10.3. The van der Waals surface area contributed by atoms with Crippen LogP contribution in [0, 0.1) is 6.92 Å². The van der Waals surface area contributed by atoms with Crippen LogP contribution in [0.2, 0.25) is 5.02 Å². The lowest BCUT2D eigenvalue weighted by Crippen LogP contribution is -2.14. The second-order valence-electron chi connectivity index (χ2n) is 5.49. The molecule has 1 heterocycles. The lowest BCUT2D eigenvalue weighted by molar-refractivity contribution is -0.118. The molecule has 1 amide bonds. The molecule has 2 rings (SSSR count). The van der Waals surface area contributed by atoms with Crippen LogP contribution in [0.5, 0.6) is 0 Å².